The molecule has 0 aromatic carbocycles. The number of hydrogen-bond acceptors (Lipinski definition) is 0. The van der Waals surface area contributed by atoms with Gasteiger partial charge in [0.1, 0.15) is 0 Å². The molecule has 0 aliphatic rings. The van der Waals surface area contributed by atoms with Crippen molar-refractivity contribution in [2.24, 2.45) is 28.6 Å². The molecule has 0 spiro atoms. The zero-order chi connectivity index (χ0) is 14.6. The summed E-state index contributed by atoms with van der Waals surface area (Å²) < 4.78 is 0. The van der Waals surface area contributed by atoms with Gasteiger partial charge in [-0.1, -0.05) is 68.7 Å². The Labute approximate surface area is 117 Å². The maximum atomic E-state index is 2.46. The van der Waals surface area contributed by atoms with E-state index in [1.165, 1.54) is 25.7 Å². The van der Waals surface area contributed by atoms with E-state index in [-0.39, 0.29) is 0 Å². The second kappa shape index (κ2) is 6.96. The average molecular weight is 255 g/mol. The maximum Gasteiger partial charge on any atom is -0.0380 e. The molecule has 0 aromatic heterocycles. The van der Waals surface area contributed by atoms with Gasteiger partial charge in [0.25, 0.3) is 0 Å². The molecule has 0 aromatic rings. The standard InChI is InChI=1S/C18H38/c1-10-16(15(3)13-18(7,8)9)11-14(2)12-17(4,5)6/h14-16H,10-13H2,1-9H3. The van der Waals surface area contributed by atoms with Crippen LogP contribution in [0.5, 0.6) is 0 Å². The van der Waals surface area contributed by atoms with E-state index in [4.69, 9.17) is 0 Å². The molecule has 0 saturated carbocycles. The summed E-state index contributed by atoms with van der Waals surface area (Å²) >= 11 is 0. The molecule has 0 heterocycles. The molecule has 0 saturated heterocycles. The molecule has 110 valence electrons. The second-order valence-corrected chi connectivity index (χ2v) is 9.02. The summed E-state index contributed by atoms with van der Waals surface area (Å²) in [6, 6.07) is 0. The van der Waals surface area contributed by atoms with Gasteiger partial charge in [-0.15, -0.1) is 0 Å². The lowest BCUT2D eigenvalue weighted by Crippen LogP contribution is -2.21. The smallest absolute Gasteiger partial charge is 0.0380 e. The maximum absolute atomic E-state index is 2.46. The molecule has 0 amide bonds. The fourth-order valence-electron chi connectivity index (χ4n) is 3.58. The summed E-state index contributed by atoms with van der Waals surface area (Å²) in [7, 11) is 0. The van der Waals surface area contributed by atoms with Crippen LogP contribution in [0.15, 0.2) is 0 Å². The quantitative estimate of drug-likeness (QED) is 0.504. The van der Waals surface area contributed by atoms with Gasteiger partial charge in [-0.05, 0) is 47.8 Å². The summed E-state index contributed by atoms with van der Waals surface area (Å²) in [5.74, 6) is 2.62. The first-order valence-electron chi connectivity index (χ1n) is 7.94. The minimum absolute atomic E-state index is 0.472. The molecular weight excluding hydrogens is 216 g/mol. The molecule has 0 rings (SSSR count). The third-order valence-electron chi connectivity index (χ3n) is 3.93. The Kier molecular flexibility index (Phi) is 6.96. The van der Waals surface area contributed by atoms with Crippen molar-refractivity contribution in [3.63, 3.8) is 0 Å². The van der Waals surface area contributed by atoms with Gasteiger partial charge in [-0.3, -0.25) is 0 Å². The average Bonchev–Trinajstić information content (AvgIpc) is 2.07. The van der Waals surface area contributed by atoms with Crippen LogP contribution in [0.2, 0.25) is 0 Å². The van der Waals surface area contributed by atoms with Crippen molar-refractivity contribution in [1.29, 1.82) is 0 Å². The molecule has 0 aliphatic carbocycles. The highest BCUT2D eigenvalue weighted by molar-refractivity contribution is 4.75. The van der Waals surface area contributed by atoms with Crippen LogP contribution in [0.1, 0.15) is 88.0 Å². The first-order chi connectivity index (χ1) is 7.94. The van der Waals surface area contributed by atoms with Gasteiger partial charge in [0.2, 0.25) is 0 Å². The summed E-state index contributed by atoms with van der Waals surface area (Å²) in [6.45, 7) is 21.5. The minimum Gasteiger partial charge on any atom is -0.0651 e. The third-order valence-corrected chi connectivity index (χ3v) is 3.93. The van der Waals surface area contributed by atoms with Crippen LogP contribution in [0.4, 0.5) is 0 Å². The first kappa shape index (κ1) is 18.0. The lowest BCUT2D eigenvalue weighted by Gasteiger charge is -2.32. The molecule has 0 nitrogen and oxygen atoms in total. The predicted molar refractivity (Wildman–Crippen MR) is 84.9 cm³/mol. The van der Waals surface area contributed by atoms with Crippen LogP contribution in [0.25, 0.3) is 0 Å². The highest BCUT2D eigenvalue weighted by Crippen LogP contribution is 2.36. The predicted octanol–water partition coefficient (Wildman–Crippen LogP) is 6.55. The molecule has 18 heavy (non-hydrogen) atoms. The monoisotopic (exact) mass is 254 g/mol. The van der Waals surface area contributed by atoms with Gasteiger partial charge in [0, 0.05) is 0 Å². The van der Waals surface area contributed by atoms with Crippen LogP contribution in [0.3, 0.4) is 0 Å². The van der Waals surface area contributed by atoms with Gasteiger partial charge < -0.3 is 0 Å². The Bertz CT molecular complexity index is 213. The van der Waals surface area contributed by atoms with Crippen molar-refractivity contribution in [3.8, 4) is 0 Å². The van der Waals surface area contributed by atoms with E-state index in [0.29, 0.717) is 10.8 Å². The molecule has 0 N–H and O–H groups in total. The molecule has 3 atom stereocenters. The molecule has 0 bridgehead atoms. The van der Waals surface area contributed by atoms with E-state index < -0.39 is 0 Å². The van der Waals surface area contributed by atoms with Crippen molar-refractivity contribution >= 4 is 0 Å². The van der Waals surface area contributed by atoms with Crippen LogP contribution in [-0.4, -0.2) is 0 Å². The normalized spacial score (nSPS) is 18.5. The third kappa shape index (κ3) is 9.00. The van der Waals surface area contributed by atoms with Crippen LogP contribution >= 0.6 is 0 Å². The Morgan fingerprint density at radius 2 is 1.22 bits per heavy atom. The second-order valence-electron chi connectivity index (χ2n) is 9.02. The lowest BCUT2D eigenvalue weighted by atomic mass is 9.73. The SMILES string of the molecule is CCC(CC(C)CC(C)(C)C)C(C)CC(C)(C)C. The topological polar surface area (TPSA) is 0 Å². The number of hydrogen-bond donors (Lipinski definition) is 0. The molecule has 0 aliphatic heterocycles. The zero-order valence-electron chi connectivity index (χ0n) is 14.6. The summed E-state index contributed by atoms with van der Waals surface area (Å²) in [4.78, 5) is 0. The lowest BCUT2D eigenvalue weighted by molar-refractivity contribution is 0.187. The Morgan fingerprint density at radius 3 is 1.56 bits per heavy atom. The van der Waals surface area contributed by atoms with E-state index in [2.05, 4.69) is 62.3 Å². The van der Waals surface area contributed by atoms with Gasteiger partial charge >= 0.3 is 0 Å². The summed E-state index contributed by atoms with van der Waals surface area (Å²) in [5.41, 5.74) is 0.949. The summed E-state index contributed by atoms with van der Waals surface area (Å²) in [6.07, 6.45) is 5.45. The van der Waals surface area contributed by atoms with Crippen LogP contribution in [0, 0.1) is 28.6 Å². The van der Waals surface area contributed by atoms with E-state index in [1.54, 1.807) is 0 Å². The highest BCUT2D eigenvalue weighted by Gasteiger charge is 2.24. The van der Waals surface area contributed by atoms with E-state index in [9.17, 15) is 0 Å². The molecule has 0 heteroatoms. The highest BCUT2D eigenvalue weighted by atomic mass is 14.3. The largest absolute Gasteiger partial charge is 0.0651 e. The van der Waals surface area contributed by atoms with E-state index in [1.807, 2.05) is 0 Å². The van der Waals surface area contributed by atoms with Crippen molar-refractivity contribution in [3.05, 3.63) is 0 Å². The van der Waals surface area contributed by atoms with Gasteiger partial charge in [-0.2, -0.15) is 0 Å². The van der Waals surface area contributed by atoms with E-state index >= 15 is 0 Å². The summed E-state index contributed by atoms with van der Waals surface area (Å²) in [5, 5.41) is 0. The molecule has 0 radical (unpaired) electrons. The van der Waals surface area contributed by atoms with Crippen molar-refractivity contribution < 1.29 is 0 Å². The van der Waals surface area contributed by atoms with Crippen molar-refractivity contribution in [2.75, 3.05) is 0 Å². The van der Waals surface area contributed by atoms with Crippen LogP contribution in [-0.2, 0) is 0 Å². The Balaban J connectivity index is 4.33. The van der Waals surface area contributed by atoms with Crippen LogP contribution < -0.4 is 0 Å². The fourth-order valence-corrected chi connectivity index (χ4v) is 3.58. The van der Waals surface area contributed by atoms with Gasteiger partial charge in [-0.25, -0.2) is 0 Å². The van der Waals surface area contributed by atoms with Crippen molar-refractivity contribution in [1.82, 2.24) is 0 Å². The first-order valence-corrected chi connectivity index (χ1v) is 7.94. The Morgan fingerprint density at radius 1 is 0.778 bits per heavy atom. The Hall–Kier alpha value is 0. The van der Waals surface area contributed by atoms with Gasteiger partial charge in [0.15, 0.2) is 0 Å². The van der Waals surface area contributed by atoms with Gasteiger partial charge in [0.05, 0.1) is 0 Å². The fraction of sp³-hybridized carbons (Fsp3) is 1.00. The number of rotatable bonds is 6. The molecule has 0 fully saturated rings. The minimum atomic E-state index is 0.472. The molecular formula is C18H38. The zero-order valence-corrected chi connectivity index (χ0v) is 14.6. The van der Waals surface area contributed by atoms with E-state index in [0.717, 1.165) is 17.8 Å². The van der Waals surface area contributed by atoms with Crippen molar-refractivity contribution in [2.45, 2.75) is 88.0 Å². The molecule has 3 unspecified atom stereocenters.